The number of nitrogens with zero attached hydrogens (tertiary/aromatic N) is 3. The Morgan fingerprint density at radius 3 is 3.05 bits per heavy atom. The van der Waals surface area contributed by atoms with Gasteiger partial charge in [0.25, 0.3) is 5.91 Å². The number of hydrogen-bond acceptors (Lipinski definition) is 4. The van der Waals surface area contributed by atoms with E-state index in [-0.39, 0.29) is 17.9 Å². The SMILES string of the molecule is CC(C)c1cc(C(=O)NC2CCCc3c2cnn3C)no1. The molecule has 1 amide bonds. The van der Waals surface area contributed by atoms with Crippen molar-refractivity contribution < 1.29 is 9.32 Å². The van der Waals surface area contributed by atoms with Crippen LogP contribution < -0.4 is 5.32 Å². The molecule has 0 aromatic carbocycles. The van der Waals surface area contributed by atoms with Crippen molar-refractivity contribution in [1.29, 1.82) is 0 Å². The maximum absolute atomic E-state index is 12.3. The third-order valence-corrected chi connectivity index (χ3v) is 4.01. The van der Waals surface area contributed by atoms with E-state index in [1.165, 1.54) is 5.69 Å². The molecular weight excluding hydrogens is 268 g/mol. The van der Waals surface area contributed by atoms with Gasteiger partial charge in [0.05, 0.1) is 12.2 Å². The van der Waals surface area contributed by atoms with Crippen LogP contribution in [0.3, 0.4) is 0 Å². The number of carbonyl (C=O) groups is 1. The summed E-state index contributed by atoms with van der Waals surface area (Å²) >= 11 is 0. The first-order chi connectivity index (χ1) is 10.1. The van der Waals surface area contributed by atoms with Gasteiger partial charge in [-0.3, -0.25) is 9.48 Å². The summed E-state index contributed by atoms with van der Waals surface area (Å²) < 4.78 is 7.07. The van der Waals surface area contributed by atoms with Gasteiger partial charge in [0.2, 0.25) is 0 Å². The summed E-state index contributed by atoms with van der Waals surface area (Å²) in [6.45, 7) is 4.01. The average Bonchev–Trinajstić information content (AvgIpc) is 3.07. The highest BCUT2D eigenvalue weighted by Crippen LogP contribution is 2.29. The average molecular weight is 288 g/mol. The van der Waals surface area contributed by atoms with E-state index in [9.17, 15) is 4.79 Å². The number of aromatic nitrogens is 3. The lowest BCUT2D eigenvalue weighted by Crippen LogP contribution is -2.31. The van der Waals surface area contributed by atoms with Crippen LogP contribution in [0.2, 0.25) is 0 Å². The highest BCUT2D eigenvalue weighted by atomic mass is 16.5. The van der Waals surface area contributed by atoms with E-state index in [1.54, 1.807) is 6.07 Å². The quantitative estimate of drug-likeness (QED) is 0.940. The lowest BCUT2D eigenvalue weighted by molar-refractivity contribution is 0.0923. The lowest BCUT2D eigenvalue weighted by Gasteiger charge is -2.23. The van der Waals surface area contributed by atoms with Crippen molar-refractivity contribution >= 4 is 5.91 Å². The van der Waals surface area contributed by atoms with Gasteiger partial charge in [-0.05, 0) is 19.3 Å². The summed E-state index contributed by atoms with van der Waals surface area (Å²) in [5.41, 5.74) is 2.66. The topological polar surface area (TPSA) is 73.0 Å². The summed E-state index contributed by atoms with van der Waals surface area (Å²) in [6, 6.07) is 1.72. The molecule has 0 fully saturated rings. The number of rotatable bonds is 3. The molecular formula is C15H20N4O2. The molecule has 2 aromatic heterocycles. The zero-order chi connectivity index (χ0) is 15.0. The zero-order valence-electron chi connectivity index (χ0n) is 12.6. The van der Waals surface area contributed by atoms with Gasteiger partial charge in [-0.2, -0.15) is 5.10 Å². The summed E-state index contributed by atoms with van der Waals surface area (Å²) in [4.78, 5) is 12.3. The van der Waals surface area contributed by atoms with Gasteiger partial charge < -0.3 is 9.84 Å². The summed E-state index contributed by atoms with van der Waals surface area (Å²) in [7, 11) is 1.94. The van der Waals surface area contributed by atoms with Crippen molar-refractivity contribution in [2.45, 2.75) is 45.1 Å². The van der Waals surface area contributed by atoms with E-state index >= 15 is 0 Å². The van der Waals surface area contributed by atoms with Gasteiger partial charge in [0, 0.05) is 30.3 Å². The minimum Gasteiger partial charge on any atom is -0.360 e. The first kappa shape index (κ1) is 13.9. The predicted molar refractivity (Wildman–Crippen MR) is 76.9 cm³/mol. The smallest absolute Gasteiger partial charge is 0.273 e. The molecule has 1 aliphatic carbocycles. The van der Waals surface area contributed by atoms with E-state index in [1.807, 2.05) is 31.8 Å². The number of nitrogens with one attached hydrogen (secondary N) is 1. The van der Waals surface area contributed by atoms with Gasteiger partial charge >= 0.3 is 0 Å². The Morgan fingerprint density at radius 1 is 1.52 bits per heavy atom. The van der Waals surface area contributed by atoms with Crippen molar-refractivity contribution in [3.05, 3.63) is 35.0 Å². The molecule has 0 aliphatic heterocycles. The zero-order valence-corrected chi connectivity index (χ0v) is 12.6. The van der Waals surface area contributed by atoms with Gasteiger partial charge in [0.15, 0.2) is 5.69 Å². The van der Waals surface area contributed by atoms with Crippen LogP contribution >= 0.6 is 0 Å². The minimum absolute atomic E-state index is 0.00847. The molecule has 6 heteroatoms. The molecule has 0 saturated carbocycles. The van der Waals surface area contributed by atoms with Crippen molar-refractivity contribution in [2.75, 3.05) is 0 Å². The van der Waals surface area contributed by atoms with E-state index in [4.69, 9.17) is 4.52 Å². The number of hydrogen-bond donors (Lipinski definition) is 1. The Morgan fingerprint density at radius 2 is 2.33 bits per heavy atom. The van der Waals surface area contributed by atoms with Crippen LogP contribution in [-0.4, -0.2) is 20.8 Å². The normalized spacial score (nSPS) is 17.8. The molecule has 2 heterocycles. The molecule has 0 radical (unpaired) electrons. The highest BCUT2D eigenvalue weighted by molar-refractivity contribution is 5.92. The van der Waals surface area contributed by atoms with Crippen molar-refractivity contribution in [2.24, 2.45) is 7.05 Å². The van der Waals surface area contributed by atoms with Crippen molar-refractivity contribution in [3.8, 4) is 0 Å². The fourth-order valence-electron chi connectivity index (χ4n) is 2.76. The number of aryl methyl sites for hydroxylation is 1. The molecule has 1 aliphatic rings. The van der Waals surface area contributed by atoms with Crippen LogP contribution in [0.1, 0.15) is 66.2 Å². The molecule has 1 unspecified atom stereocenters. The fraction of sp³-hybridized carbons (Fsp3) is 0.533. The molecule has 3 rings (SSSR count). The third kappa shape index (κ3) is 2.57. The van der Waals surface area contributed by atoms with Crippen molar-refractivity contribution in [1.82, 2.24) is 20.3 Å². The Hall–Kier alpha value is -2.11. The Kier molecular flexibility index (Phi) is 3.53. The van der Waals surface area contributed by atoms with E-state index in [0.29, 0.717) is 5.69 Å². The largest absolute Gasteiger partial charge is 0.360 e. The Labute approximate surface area is 123 Å². The van der Waals surface area contributed by atoms with E-state index in [2.05, 4.69) is 15.6 Å². The van der Waals surface area contributed by atoms with Crippen LogP contribution in [0.5, 0.6) is 0 Å². The number of fused-ring (bicyclic) bond motifs is 1. The van der Waals surface area contributed by atoms with Crippen LogP contribution in [0.25, 0.3) is 0 Å². The van der Waals surface area contributed by atoms with E-state index < -0.39 is 0 Å². The molecule has 112 valence electrons. The fourth-order valence-corrected chi connectivity index (χ4v) is 2.76. The van der Waals surface area contributed by atoms with Gasteiger partial charge in [-0.1, -0.05) is 19.0 Å². The standard InChI is InChI=1S/C15H20N4O2/c1-9(2)14-7-12(18-21-14)15(20)17-11-5-4-6-13-10(11)8-16-19(13)3/h7-9,11H,4-6H2,1-3H3,(H,17,20). The molecule has 1 atom stereocenters. The first-order valence-corrected chi connectivity index (χ1v) is 7.34. The summed E-state index contributed by atoms with van der Waals surface area (Å²) in [5.74, 6) is 0.761. The second-order valence-electron chi connectivity index (χ2n) is 5.86. The molecule has 21 heavy (non-hydrogen) atoms. The summed E-state index contributed by atoms with van der Waals surface area (Å²) in [5, 5.41) is 11.2. The molecule has 1 N–H and O–H groups in total. The summed E-state index contributed by atoms with van der Waals surface area (Å²) in [6.07, 6.45) is 4.84. The van der Waals surface area contributed by atoms with Crippen LogP contribution in [0.4, 0.5) is 0 Å². The van der Waals surface area contributed by atoms with Gasteiger partial charge in [0.1, 0.15) is 5.76 Å². The second kappa shape index (κ2) is 5.35. The number of carbonyl (C=O) groups excluding carboxylic acids is 1. The molecule has 6 nitrogen and oxygen atoms in total. The van der Waals surface area contributed by atoms with Crippen molar-refractivity contribution in [3.63, 3.8) is 0 Å². The Bertz CT molecular complexity index is 656. The Balaban J connectivity index is 1.76. The third-order valence-electron chi connectivity index (χ3n) is 4.01. The molecule has 0 bridgehead atoms. The van der Waals surface area contributed by atoms with Gasteiger partial charge in [-0.25, -0.2) is 0 Å². The van der Waals surface area contributed by atoms with Crippen LogP contribution in [0.15, 0.2) is 16.8 Å². The lowest BCUT2D eigenvalue weighted by atomic mass is 9.93. The molecule has 0 spiro atoms. The van der Waals surface area contributed by atoms with Gasteiger partial charge in [-0.15, -0.1) is 0 Å². The predicted octanol–water partition coefficient (Wildman–Crippen LogP) is 2.34. The monoisotopic (exact) mass is 288 g/mol. The molecule has 2 aromatic rings. The maximum Gasteiger partial charge on any atom is 0.273 e. The van der Waals surface area contributed by atoms with Crippen LogP contribution in [-0.2, 0) is 13.5 Å². The highest BCUT2D eigenvalue weighted by Gasteiger charge is 2.26. The van der Waals surface area contributed by atoms with Crippen LogP contribution in [0, 0.1) is 0 Å². The minimum atomic E-state index is -0.188. The second-order valence-corrected chi connectivity index (χ2v) is 5.86. The number of amides is 1. The maximum atomic E-state index is 12.3. The molecule has 0 saturated heterocycles. The van der Waals surface area contributed by atoms with E-state index in [0.717, 1.165) is 30.6 Å². The first-order valence-electron chi connectivity index (χ1n) is 7.34.